The van der Waals surface area contributed by atoms with Gasteiger partial charge in [0, 0.05) is 24.2 Å². The van der Waals surface area contributed by atoms with Gasteiger partial charge in [-0.15, -0.1) is 0 Å². The summed E-state index contributed by atoms with van der Waals surface area (Å²) < 4.78 is 12.9. The molecule has 1 amide bonds. The Bertz CT molecular complexity index is 1030. The Morgan fingerprint density at radius 2 is 2.07 bits per heavy atom. The minimum Gasteiger partial charge on any atom is -0.493 e. The molecular weight excluding hydrogens is 402 g/mol. The molecule has 0 spiro atoms. The summed E-state index contributed by atoms with van der Waals surface area (Å²) >= 11 is 6.34. The van der Waals surface area contributed by atoms with Gasteiger partial charge >= 0.3 is 0 Å². The molecule has 0 radical (unpaired) electrons. The molecule has 3 rings (SSSR count). The number of rotatable bonds is 8. The third-order valence-electron chi connectivity index (χ3n) is 4.20. The van der Waals surface area contributed by atoms with Gasteiger partial charge in [-0.25, -0.2) is 0 Å². The van der Waals surface area contributed by atoms with Crippen molar-refractivity contribution in [2.45, 2.75) is 26.5 Å². The normalized spacial score (nSPS) is 11.1. The number of carbonyl (C=O) groups is 1. The Kier molecular flexibility index (Phi) is 7.14. The molecule has 1 aromatic heterocycles. The van der Waals surface area contributed by atoms with Crippen LogP contribution < -0.4 is 14.8 Å². The van der Waals surface area contributed by atoms with Gasteiger partial charge in [-0.3, -0.25) is 9.48 Å². The second kappa shape index (κ2) is 9.98. The Balaban J connectivity index is 1.73. The molecule has 0 unspecified atom stereocenters. The number of hydrogen-bond donors (Lipinski definition) is 1. The summed E-state index contributed by atoms with van der Waals surface area (Å²) in [4.78, 5) is 12.5. The number of para-hydroxylation sites is 1. The summed E-state index contributed by atoms with van der Waals surface area (Å²) in [5.41, 5.74) is 2.43. The minimum absolute atomic E-state index is 0.0367. The van der Waals surface area contributed by atoms with Gasteiger partial charge in [0.25, 0.3) is 0 Å². The number of halogens is 1. The molecule has 3 aromatic rings. The van der Waals surface area contributed by atoms with Crippen LogP contribution in [0.2, 0.25) is 5.02 Å². The van der Waals surface area contributed by atoms with E-state index in [2.05, 4.69) is 10.4 Å². The van der Waals surface area contributed by atoms with Gasteiger partial charge in [0.05, 0.1) is 24.8 Å². The lowest BCUT2D eigenvalue weighted by Crippen LogP contribution is -2.11. The first kappa shape index (κ1) is 21.5. The summed E-state index contributed by atoms with van der Waals surface area (Å²) in [6.07, 6.45) is 6.70. The topological polar surface area (TPSA) is 65.4 Å². The third kappa shape index (κ3) is 5.64. The summed E-state index contributed by atoms with van der Waals surface area (Å²) in [7, 11) is 1.55. The van der Waals surface area contributed by atoms with Crippen LogP contribution in [0.15, 0.2) is 60.9 Å². The average molecular weight is 426 g/mol. The zero-order chi connectivity index (χ0) is 21.5. The fourth-order valence-corrected chi connectivity index (χ4v) is 3.14. The van der Waals surface area contributed by atoms with Crippen molar-refractivity contribution >= 4 is 29.3 Å². The van der Waals surface area contributed by atoms with E-state index in [1.165, 1.54) is 6.08 Å². The van der Waals surface area contributed by atoms with Crippen LogP contribution in [0, 0.1) is 0 Å². The van der Waals surface area contributed by atoms with E-state index < -0.39 is 0 Å². The largest absolute Gasteiger partial charge is 0.493 e. The zero-order valence-electron chi connectivity index (χ0n) is 17.1. The second-order valence-corrected chi connectivity index (χ2v) is 7.29. The highest BCUT2D eigenvalue weighted by atomic mass is 35.5. The highest BCUT2D eigenvalue weighted by molar-refractivity contribution is 6.32. The Labute approximate surface area is 181 Å². The van der Waals surface area contributed by atoms with Crippen LogP contribution in [-0.2, 0) is 11.3 Å². The van der Waals surface area contributed by atoms with Crippen molar-refractivity contribution in [3.8, 4) is 11.5 Å². The Hall–Kier alpha value is -3.25. The summed E-state index contributed by atoms with van der Waals surface area (Å²) in [6, 6.07) is 13.0. The van der Waals surface area contributed by atoms with Crippen LogP contribution in [-0.4, -0.2) is 28.9 Å². The smallest absolute Gasteiger partial charge is 0.248 e. The van der Waals surface area contributed by atoms with E-state index in [-0.39, 0.29) is 12.0 Å². The van der Waals surface area contributed by atoms with Gasteiger partial charge in [-0.05, 0) is 55.3 Å². The predicted octanol–water partition coefficient (Wildman–Crippen LogP) is 5.03. The number of nitrogens with one attached hydrogen (secondary N) is 1. The van der Waals surface area contributed by atoms with Crippen LogP contribution in [0.1, 0.15) is 25.0 Å². The number of ether oxygens (including phenoxy) is 2. The molecule has 0 saturated carbocycles. The molecule has 2 aromatic carbocycles. The lowest BCUT2D eigenvalue weighted by molar-refractivity contribution is -0.111. The van der Waals surface area contributed by atoms with Gasteiger partial charge in [0.1, 0.15) is 0 Å². The van der Waals surface area contributed by atoms with Crippen molar-refractivity contribution in [3.63, 3.8) is 0 Å². The standard InChI is InChI=1S/C23H24ClN3O3/c1-16(2)30-23-19(24)13-17(14-21(23)29-3)9-10-22(28)26-20-8-5-4-7-18(20)15-27-12-6-11-25-27/h4-14,16H,15H2,1-3H3,(H,26,28)/b10-9+. The van der Waals surface area contributed by atoms with Crippen LogP contribution in [0.3, 0.4) is 0 Å². The third-order valence-corrected chi connectivity index (χ3v) is 4.48. The molecule has 0 fully saturated rings. The quantitative estimate of drug-likeness (QED) is 0.514. The van der Waals surface area contributed by atoms with Gasteiger partial charge in [-0.2, -0.15) is 5.10 Å². The molecule has 30 heavy (non-hydrogen) atoms. The highest BCUT2D eigenvalue weighted by Crippen LogP contribution is 2.37. The molecule has 1 N–H and O–H groups in total. The number of amides is 1. The van der Waals surface area contributed by atoms with E-state index in [9.17, 15) is 4.79 Å². The number of benzene rings is 2. The predicted molar refractivity (Wildman–Crippen MR) is 119 cm³/mol. The average Bonchev–Trinajstić information content (AvgIpc) is 3.22. The molecule has 0 aliphatic rings. The molecule has 156 valence electrons. The number of nitrogens with zero attached hydrogens (tertiary/aromatic N) is 2. The maximum Gasteiger partial charge on any atom is 0.248 e. The summed E-state index contributed by atoms with van der Waals surface area (Å²) in [5, 5.41) is 7.55. The number of carbonyl (C=O) groups excluding carboxylic acids is 1. The van der Waals surface area contributed by atoms with Crippen molar-refractivity contribution in [2.75, 3.05) is 12.4 Å². The number of aromatic nitrogens is 2. The Morgan fingerprint density at radius 1 is 1.27 bits per heavy atom. The Morgan fingerprint density at radius 3 is 2.77 bits per heavy atom. The first-order chi connectivity index (χ1) is 14.5. The van der Waals surface area contributed by atoms with E-state index in [4.69, 9.17) is 21.1 Å². The number of methoxy groups -OCH3 is 1. The van der Waals surface area contributed by atoms with Crippen LogP contribution in [0.4, 0.5) is 5.69 Å². The molecule has 7 heteroatoms. The van der Waals surface area contributed by atoms with Gasteiger partial charge in [0.2, 0.25) is 5.91 Å². The molecule has 0 aliphatic heterocycles. The van der Waals surface area contributed by atoms with Crippen molar-refractivity contribution in [3.05, 3.63) is 77.1 Å². The van der Waals surface area contributed by atoms with Gasteiger partial charge in [-0.1, -0.05) is 29.8 Å². The SMILES string of the molecule is COc1cc(/C=C/C(=O)Nc2ccccc2Cn2cccn2)cc(Cl)c1OC(C)C. The zero-order valence-corrected chi connectivity index (χ0v) is 17.9. The van der Waals surface area contributed by atoms with Crippen molar-refractivity contribution in [1.29, 1.82) is 0 Å². The van der Waals surface area contributed by atoms with E-state index in [1.54, 1.807) is 36.2 Å². The fraction of sp³-hybridized carbons (Fsp3) is 0.217. The van der Waals surface area contributed by atoms with Gasteiger partial charge < -0.3 is 14.8 Å². The molecule has 0 aliphatic carbocycles. The summed E-state index contributed by atoms with van der Waals surface area (Å²) in [5.74, 6) is 0.754. The van der Waals surface area contributed by atoms with E-state index in [0.29, 0.717) is 23.1 Å². The monoisotopic (exact) mass is 425 g/mol. The summed E-state index contributed by atoms with van der Waals surface area (Å²) in [6.45, 7) is 4.40. The molecule has 0 atom stereocenters. The molecule has 6 nitrogen and oxygen atoms in total. The van der Waals surface area contributed by atoms with Crippen LogP contribution in [0.5, 0.6) is 11.5 Å². The van der Waals surface area contributed by atoms with Crippen molar-refractivity contribution < 1.29 is 14.3 Å². The fourth-order valence-electron chi connectivity index (χ4n) is 2.88. The molecule has 0 bridgehead atoms. The van der Waals surface area contributed by atoms with Crippen molar-refractivity contribution in [1.82, 2.24) is 9.78 Å². The lowest BCUT2D eigenvalue weighted by atomic mass is 10.1. The van der Waals surface area contributed by atoms with Crippen molar-refractivity contribution in [2.24, 2.45) is 0 Å². The minimum atomic E-state index is -0.250. The number of anilines is 1. The first-order valence-corrected chi connectivity index (χ1v) is 9.92. The highest BCUT2D eigenvalue weighted by Gasteiger charge is 2.13. The second-order valence-electron chi connectivity index (χ2n) is 6.88. The van der Waals surface area contributed by atoms with Crippen LogP contribution in [0.25, 0.3) is 6.08 Å². The maximum absolute atomic E-state index is 12.5. The van der Waals surface area contributed by atoms with Crippen LogP contribution >= 0.6 is 11.6 Å². The maximum atomic E-state index is 12.5. The lowest BCUT2D eigenvalue weighted by Gasteiger charge is -2.15. The van der Waals surface area contributed by atoms with E-state index in [1.807, 2.05) is 50.4 Å². The molecular formula is C23H24ClN3O3. The first-order valence-electron chi connectivity index (χ1n) is 9.55. The number of hydrogen-bond acceptors (Lipinski definition) is 4. The van der Waals surface area contributed by atoms with Gasteiger partial charge in [0.15, 0.2) is 11.5 Å². The molecule has 1 heterocycles. The van der Waals surface area contributed by atoms with E-state index >= 15 is 0 Å². The van der Waals surface area contributed by atoms with E-state index in [0.717, 1.165) is 16.8 Å². The molecule has 0 saturated heterocycles.